The number of likely N-dealkylation sites (N-methyl/N-ethyl adjacent to an activating group) is 1. The van der Waals surface area contributed by atoms with Crippen LogP contribution in [0.2, 0.25) is 0 Å². The summed E-state index contributed by atoms with van der Waals surface area (Å²) in [5.74, 6) is 0.0672. The minimum absolute atomic E-state index is 0.00744. The van der Waals surface area contributed by atoms with Gasteiger partial charge in [-0.1, -0.05) is 18.2 Å². The van der Waals surface area contributed by atoms with Gasteiger partial charge in [-0.15, -0.1) is 0 Å². The number of hydrogen-bond acceptors (Lipinski definition) is 4. The van der Waals surface area contributed by atoms with Crippen molar-refractivity contribution in [3.05, 3.63) is 30.3 Å². The Morgan fingerprint density at radius 3 is 2.39 bits per heavy atom. The van der Waals surface area contributed by atoms with E-state index in [2.05, 4.69) is 38.3 Å². The summed E-state index contributed by atoms with van der Waals surface area (Å²) in [7, 11) is 1.87. The predicted molar refractivity (Wildman–Crippen MR) is 112 cm³/mol. The number of nitrogens with zero attached hydrogens (tertiary/aromatic N) is 2. The largest absolute Gasteiger partial charge is 0.352 e. The third-order valence-corrected chi connectivity index (χ3v) is 5.73. The maximum atomic E-state index is 12.8. The molecule has 154 valence electrons. The van der Waals surface area contributed by atoms with Crippen molar-refractivity contribution in [3.8, 4) is 0 Å². The second-order valence-corrected chi connectivity index (χ2v) is 9.61. The van der Waals surface area contributed by atoms with Gasteiger partial charge in [-0.3, -0.25) is 14.5 Å². The normalized spacial score (nSPS) is 24.6. The maximum absolute atomic E-state index is 12.8. The summed E-state index contributed by atoms with van der Waals surface area (Å²) in [4.78, 5) is 29.2. The van der Waals surface area contributed by atoms with E-state index in [1.807, 2.05) is 47.2 Å². The maximum Gasteiger partial charge on any atom is 0.244 e. The number of nitrogens with one attached hydrogen (secondary N) is 2. The molecule has 1 unspecified atom stereocenters. The van der Waals surface area contributed by atoms with Crippen LogP contribution in [0.5, 0.6) is 0 Å². The van der Waals surface area contributed by atoms with E-state index in [-0.39, 0.29) is 41.5 Å². The number of para-hydroxylation sites is 1. The molecule has 2 aliphatic heterocycles. The molecule has 1 atom stereocenters. The minimum Gasteiger partial charge on any atom is -0.352 e. The third-order valence-electron chi connectivity index (χ3n) is 5.73. The van der Waals surface area contributed by atoms with E-state index < -0.39 is 0 Å². The van der Waals surface area contributed by atoms with Gasteiger partial charge < -0.3 is 15.5 Å². The number of benzene rings is 1. The standard InChI is InChI=1S/C22H34N4O2/c1-21(2)13-16(14-22(3,4)24-21)23-19(27)15-25(5)18-11-12-26(20(18)28)17-9-7-6-8-10-17/h6-10,16,18,24H,11-15H2,1-5H3,(H,23,27). The Morgan fingerprint density at radius 2 is 1.79 bits per heavy atom. The Kier molecular flexibility index (Phi) is 5.82. The summed E-state index contributed by atoms with van der Waals surface area (Å²) in [5.41, 5.74) is 0.902. The molecular weight excluding hydrogens is 352 g/mol. The van der Waals surface area contributed by atoms with Gasteiger partial charge in [-0.05, 0) is 66.1 Å². The SMILES string of the molecule is CN(CC(=O)NC1CC(C)(C)NC(C)(C)C1)C1CCN(c2ccccc2)C1=O. The molecule has 2 saturated heterocycles. The predicted octanol–water partition coefficient (Wildman–Crippen LogP) is 2.15. The number of rotatable bonds is 5. The zero-order valence-corrected chi connectivity index (χ0v) is 17.8. The fraction of sp³-hybridized carbons (Fsp3) is 0.636. The van der Waals surface area contributed by atoms with Crippen molar-refractivity contribution in [1.29, 1.82) is 0 Å². The van der Waals surface area contributed by atoms with Gasteiger partial charge in [0.1, 0.15) is 0 Å². The summed E-state index contributed by atoms with van der Waals surface area (Å²) in [6.07, 6.45) is 2.54. The first-order valence-electron chi connectivity index (χ1n) is 10.2. The average molecular weight is 387 g/mol. The molecule has 0 radical (unpaired) electrons. The molecule has 3 rings (SSSR count). The molecule has 0 saturated carbocycles. The zero-order chi connectivity index (χ0) is 20.5. The van der Waals surface area contributed by atoms with Crippen LogP contribution in [0.25, 0.3) is 0 Å². The summed E-state index contributed by atoms with van der Waals surface area (Å²) in [6.45, 7) is 9.63. The molecule has 0 spiro atoms. The quantitative estimate of drug-likeness (QED) is 0.814. The van der Waals surface area contributed by atoms with Gasteiger partial charge in [0.2, 0.25) is 11.8 Å². The number of amides is 2. The van der Waals surface area contributed by atoms with E-state index in [0.29, 0.717) is 6.54 Å². The van der Waals surface area contributed by atoms with Crippen molar-refractivity contribution in [2.45, 2.75) is 70.1 Å². The molecule has 1 aromatic carbocycles. The Balaban J connectivity index is 1.55. The minimum atomic E-state index is -0.244. The van der Waals surface area contributed by atoms with Crippen LogP contribution >= 0.6 is 0 Å². The average Bonchev–Trinajstić information content (AvgIpc) is 2.94. The van der Waals surface area contributed by atoms with Crippen LogP contribution in [0.1, 0.15) is 47.0 Å². The number of piperidine rings is 1. The molecule has 1 aromatic rings. The molecule has 6 nitrogen and oxygen atoms in total. The highest BCUT2D eigenvalue weighted by atomic mass is 16.2. The van der Waals surface area contributed by atoms with Crippen LogP contribution in [-0.2, 0) is 9.59 Å². The molecule has 2 N–H and O–H groups in total. The molecule has 2 aliphatic rings. The van der Waals surface area contributed by atoms with Crippen LogP contribution < -0.4 is 15.5 Å². The second kappa shape index (κ2) is 7.84. The molecular formula is C22H34N4O2. The van der Waals surface area contributed by atoms with Crippen molar-refractivity contribution >= 4 is 17.5 Å². The van der Waals surface area contributed by atoms with Crippen LogP contribution in [0.4, 0.5) is 5.69 Å². The fourth-order valence-corrected chi connectivity index (χ4v) is 4.97. The van der Waals surface area contributed by atoms with Gasteiger partial charge in [-0.25, -0.2) is 0 Å². The lowest BCUT2D eigenvalue weighted by Gasteiger charge is -2.46. The summed E-state index contributed by atoms with van der Waals surface area (Å²) in [6, 6.07) is 9.63. The molecule has 2 fully saturated rings. The van der Waals surface area contributed by atoms with E-state index in [9.17, 15) is 9.59 Å². The number of carbonyl (C=O) groups is 2. The highest BCUT2D eigenvalue weighted by molar-refractivity contribution is 5.99. The van der Waals surface area contributed by atoms with Crippen molar-refractivity contribution in [2.75, 3.05) is 25.0 Å². The molecule has 0 bridgehead atoms. The lowest BCUT2D eigenvalue weighted by Crippen LogP contribution is -2.62. The molecule has 2 heterocycles. The molecule has 0 aliphatic carbocycles. The van der Waals surface area contributed by atoms with E-state index in [0.717, 1.165) is 24.9 Å². The lowest BCUT2D eigenvalue weighted by atomic mass is 9.79. The van der Waals surface area contributed by atoms with Gasteiger partial charge in [0.15, 0.2) is 0 Å². The Bertz CT molecular complexity index is 701. The first-order chi connectivity index (χ1) is 13.1. The Labute approximate surface area is 168 Å². The molecule has 6 heteroatoms. The molecule has 28 heavy (non-hydrogen) atoms. The van der Waals surface area contributed by atoms with Crippen molar-refractivity contribution in [1.82, 2.24) is 15.5 Å². The van der Waals surface area contributed by atoms with Crippen molar-refractivity contribution in [3.63, 3.8) is 0 Å². The molecule has 2 amide bonds. The van der Waals surface area contributed by atoms with E-state index in [1.165, 1.54) is 0 Å². The van der Waals surface area contributed by atoms with Gasteiger partial charge in [-0.2, -0.15) is 0 Å². The molecule has 0 aromatic heterocycles. The monoisotopic (exact) mass is 386 g/mol. The third kappa shape index (κ3) is 4.92. The first kappa shape index (κ1) is 20.8. The van der Waals surface area contributed by atoms with E-state index in [4.69, 9.17) is 0 Å². The van der Waals surface area contributed by atoms with E-state index in [1.54, 1.807) is 0 Å². The lowest BCUT2D eigenvalue weighted by molar-refractivity contribution is -0.125. The van der Waals surface area contributed by atoms with E-state index >= 15 is 0 Å². The van der Waals surface area contributed by atoms with Gasteiger partial charge in [0, 0.05) is 29.4 Å². The topological polar surface area (TPSA) is 64.7 Å². The van der Waals surface area contributed by atoms with Gasteiger partial charge in [0.25, 0.3) is 0 Å². The van der Waals surface area contributed by atoms with Gasteiger partial charge >= 0.3 is 0 Å². The zero-order valence-electron chi connectivity index (χ0n) is 17.8. The number of anilines is 1. The van der Waals surface area contributed by atoms with Crippen LogP contribution in [-0.4, -0.2) is 60.0 Å². The summed E-state index contributed by atoms with van der Waals surface area (Å²) in [5, 5.41) is 6.83. The van der Waals surface area contributed by atoms with Crippen LogP contribution in [0.15, 0.2) is 30.3 Å². The highest BCUT2D eigenvalue weighted by Gasteiger charge is 2.39. The van der Waals surface area contributed by atoms with Gasteiger partial charge in [0.05, 0.1) is 12.6 Å². The number of hydrogen-bond donors (Lipinski definition) is 2. The van der Waals surface area contributed by atoms with Crippen molar-refractivity contribution < 1.29 is 9.59 Å². The first-order valence-corrected chi connectivity index (χ1v) is 10.2. The van der Waals surface area contributed by atoms with Crippen molar-refractivity contribution in [2.24, 2.45) is 0 Å². The highest BCUT2D eigenvalue weighted by Crippen LogP contribution is 2.28. The smallest absolute Gasteiger partial charge is 0.244 e. The second-order valence-electron chi connectivity index (χ2n) is 9.61. The summed E-state index contributed by atoms with van der Waals surface area (Å²) >= 11 is 0. The Hall–Kier alpha value is -1.92. The van der Waals surface area contributed by atoms with Crippen LogP contribution in [0, 0.1) is 0 Å². The Morgan fingerprint density at radius 1 is 1.18 bits per heavy atom. The fourth-order valence-electron chi connectivity index (χ4n) is 4.97. The summed E-state index contributed by atoms with van der Waals surface area (Å²) < 4.78 is 0. The number of carbonyl (C=O) groups excluding carboxylic acids is 2. The van der Waals surface area contributed by atoms with Crippen LogP contribution in [0.3, 0.4) is 0 Å².